The lowest BCUT2D eigenvalue weighted by molar-refractivity contribution is -0.116. The zero-order valence-corrected chi connectivity index (χ0v) is 14.3. The Kier molecular flexibility index (Phi) is 4.16. The molecule has 2 aromatic carbocycles. The second kappa shape index (κ2) is 6.63. The van der Waals surface area contributed by atoms with E-state index >= 15 is 0 Å². The second-order valence-electron chi connectivity index (χ2n) is 6.33. The number of nitrogens with zero attached hydrogens (tertiary/aromatic N) is 1. The van der Waals surface area contributed by atoms with Gasteiger partial charge in [0, 0.05) is 34.7 Å². The van der Waals surface area contributed by atoms with Gasteiger partial charge in [0.05, 0.1) is 0 Å². The lowest BCUT2D eigenvalue weighted by Gasteiger charge is -2.25. The average molecular weight is 351 g/mol. The van der Waals surface area contributed by atoms with Crippen molar-refractivity contribution in [2.24, 2.45) is 0 Å². The molecule has 0 spiro atoms. The number of amides is 1. The molecule has 3 aromatic rings. The van der Waals surface area contributed by atoms with Gasteiger partial charge in [-0.15, -0.1) is 0 Å². The fourth-order valence-electron chi connectivity index (χ4n) is 3.37. The Hall–Kier alpha value is -3.15. The van der Waals surface area contributed by atoms with Crippen molar-refractivity contribution in [1.82, 2.24) is 10.2 Å². The van der Waals surface area contributed by atoms with Crippen LogP contribution in [0.3, 0.4) is 0 Å². The highest BCUT2D eigenvalue weighted by Crippen LogP contribution is 2.41. The molecule has 132 valence electrons. The first-order valence-corrected chi connectivity index (χ1v) is 8.43. The Morgan fingerprint density at radius 2 is 1.96 bits per heavy atom. The maximum atomic E-state index is 13.9. The molecule has 26 heavy (non-hydrogen) atoms. The zero-order valence-electron chi connectivity index (χ0n) is 14.3. The summed E-state index contributed by atoms with van der Waals surface area (Å²) in [4.78, 5) is 12.1. The number of para-hydroxylation sites is 1. The monoisotopic (exact) mass is 351 g/mol. The molecule has 4 rings (SSSR count). The van der Waals surface area contributed by atoms with Crippen LogP contribution in [0, 0.1) is 12.7 Å². The summed E-state index contributed by atoms with van der Waals surface area (Å²) in [7, 11) is 0. The number of hydrogen-bond acceptors (Lipinski definition) is 3. The van der Waals surface area contributed by atoms with Crippen LogP contribution in [0.4, 0.5) is 10.2 Å². The molecule has 0 radical (unpaired) electrons. The number of hydrogen-bond donors (Lipinski definition) is 2. The molecule has 0 bridgehead atoms. The van der Waals surface area contributed by atoms with Gasteiger partial charge in [0.15, 0.2) is 5.82 Å². The van der Waals surface area contributed by atoms with Gasteiger partial charge in [-0.25, -0.2) is 4.39 Å². The predicted octanol–water partition coefficient (Wildman–Crippen LogP) is 3.91. The molecule has 2 N–H and O–H groups in total. The number of fused-ring (bicyclic) bond motifs is 1. The van der Waals surface area contributed by atoms with Crippen molar-refractivity contribution in [2.75, 3.05) is 5.32 Å². The molecule has 1 aliphatic rings. The molecule has 0 fully saturated rings. The number of carbonyl (C=O) groups excluding carboxylic acids is 1. The van der Waals surface area contributed by atoms with Crippen molar-refractivity contribution in [3.05, 3.63) is 76.7 Å². The molecule has 0 saturated carbocycles. The van der Waals surface area contributed by atoms with Crippen LogP contribution in [0.15, 0.2) is 48.5 Å². The van der Waals surface area contributed by atoms with Crippen molar-refractivity contribution in [1.29, 1.82) is 0 Å². The number of H-pyrrole nitrogens is 1. The summed E-state index contributed by atoms with van der Waals surface area (Å²) in [5.41, 5.74) is 3.26. The smallest absolute Gasteiger partial charge is 0.226 e. The first kappa shape index (κ1) is 16.3. The Labute approximate surface area is 150 Å². The van der Waals surface area contributed by atoms with Gasteiger partial charge in [0.1, 0.15) is 18.2 Å². The van der Waals surface area contributed by atoms with Crippen LogP contribution in [0.2, 0.25) is 0 Å². The lowest BCUT2D eigenvalue weighted by Crippen LogP contribution is -2.23. The third kappa shape index (κ3) is 2.94. The Bertz CT molecular complexity index is 967. The minimum atomic E-state index is -0.296. The van der Waals surface area contributed by atoms with Crippen molar-refractivity contribution in [3.63, 3.8) is 0 Å². The second-order valence-corrected chi connectivity index (χ2v) is 6.33. The molecule has 5 nitrogen and oxygen atoms in total. The van der Waals surface area contributed by atoms with E-state index in [2.05, 4.69) is 15.5 Å². The van der Waals surface area contributed by atoms with E-state index in [9.17, 15) is 9.18 Å². The van der Waals surface area contributed by atoms with Crippen LogP contribution in [-0.4, -0.2) is 16.1 Å². The lowest BCUT2D eigenvalue weighted by atomic mass is 9.85. The summed E-state index contributed by atoms with van der Waals surface area (Å²) < 4.78 is 19.8. The summed E-state index contributed by atoms with van der Waals surface area (Å²) >= 11 is 0. The molecule has 0 unspecified atom stereocenters. The van der Waals surface area contributed by atoms with Gasteiger partial charge in [-0.05, 0) is 19.1 Å². The highest BCUT2D eigenvalue weighted by atomic mass is 19.1. The van der Waals surface area contributed by atoms with Crippen LogP contribution in [0.1, 0.15) is 34.7 Å². The van der Waals surface area contributed by atoms with Crippen LogP contribution >= 0.6 is 0 Å². The summed E-state index contributed by atoms with van der Waals surface area (Å²) in [5, 5.41) is 9.89. The maximum absolute atomic E-state index is 13.9. The van der Waals surface area contributed by atoms with Gasteiger partial charge in [-0.1, -0.05) is 36.4 Å². The number of rotatable bonds is 4. The SMILES string of the molecule is Cc1[nH]nc2c1[C@H](c1ccccc1OCc1ccccc1F)CC(=O)N2. The molecule has 0 aliphatic carbocycles. The minimum absolute atomic E-state index is 0.0853. The zero-order chi connectivity index (χ0) is 18.1. The highest BCUT2D eigenvalue weighted by molar-refractivity contribution is 5.94. The number of ether oxygens (including phenoxy) is 1. The minimum Gasteiger partial charge on any atom is -0.488 e. The van der Waals surface area contributed by atoms with E-state index in [1.807, 2.05) is 31.2 Å². The first-order chi connectivity index (χ1) is 12.6. The van der Waals surface area contributed by atoms with Gasteiger partial charge in [-0.2, -0.15) is 5.10 Å². The Morgan fingerprint density at radius 1 is 1.19 bits per heavy atom. The van der Waals surface area contributed by atoms with Crippen LogP contribution in [0.25, 0.3) is 0 Å². The molecular formula is C20H18FN3O2. The standard InChI is InChI=1S/C20H18FN3O2/c1-12-19-15(10-18(25)22-20(19)24-23-12)14-7-3-5-9-17(14)26-11-13-6-2-4-8-16(13)21/h2-9,15H,10-11H2,1H3,(H2,22,23,24,25)/t15-/m0/s1. The summed E-state index contributed by atoms with van der Waals surface area (Å²) in [6, 6.07) is 14.1. The maximum Gasteiger partial charge on any atom is 0.226 e. The van der Waals surface area contributed by atoms with Crippen LogP contribution < -0.4 is 10.1 Å². The van der Waals surface area contributed by atoms with Crippen LogP contribution in [-0.2, 0) is 11.4 Å². The summed E-state index contributed by atoms with van der Waals surface area (Å²) in [6.45, 7) is 2.05. The van der Waals surface area contributed by atoms with Gasteiger partial charge < -0.3 is 10.1 Å². The van der Waals surface area contributed by atoms with Gasteiger partial charge in [0.25, 0.3) is 0 Å². The van der Waals surface area contributed by atoms with E-state index in [4.69, 9.17) is 4.74 Å². The molecule has 1 aromatic heterocycles. The van der Waals surface area contributed by atoms with E-state index in [1.54, 1.807) is 18.2 Å². The summed E-state index contributed by atoms with van der Waals surface area (Å²) in [5.74, 6) is 0.664. The Morgan fingerprint density at radius 3 is 2.81 bits per heavy atom. The number of nitrogens with one attached hydrogen (secondary N) is 2. The number of aryl methyl sites for hydroxylation is 1. The fourth-order valence-corrected chi connectivity index (χ4v) is 3.37. The molecule has 2 heterocycles. The third-order valence-corrected chi connectivity index (χ3v) is 4.63. The van der Waals surface area contributed by atoms with E-state index in [0.717, 1.165) is 16.8 Å². The molecule has 1 aliphatic heterocycles. The van der Waals surface area contributed by atoms with E-state index in [0.29, 0.717) is 23.6 Å². The van der Waals surface area contributed by atoms with E-state index in [-0.39, 0.29) is 24.2 Å². The van der Waals surface area contributed by atoms with Gasteiger partial charge >= 0.3 is 0 Å². The molecule has 0 saturated heterocycles. The molecule has 1 amide bonds. The first-order valence-electron chi connectivity index (χ1n) is 8.43. The summed E-state index contributed by atoms with van der Waals surface area (Å²) in [6.07, 6.45) is 0.313. The largest absolute Gasteiger partial charge is 0.488 e. The fraction of sp³-hybridized carbons (Fsp3) is 0.200. The highest BCUT2D eigenvalue weighted by Gasteiger charge is 2.32. The van der Waals surface area contributed by atoms with E-state index < -0.39 is 0 Å². The number of anilines is 1. The Balaban J connectivity index is 1.67. The topological polar surface area (TPSA) is 67.0 Å². The molecule has 6 heteroatoms. The predicted molar refractivity (Wildman–Crippen MR) is 95.6 cm³/mol. The van der Waals surface area contributed by atoms with Gasteiger partial charge in [-0.3, -0.25) is 9.89 Å². The van der Waals surface area contributed by atoms with Crippen molar-refractivity contribution >= 4 is 11.7 Å². The number of aromatic amines is 1. The third-order valence-electron chi connectivity index (χ3n) is 4.63. The molecule has 1 atom stereocenters. The van der Waals surface area contributed by atoms with Crippen LogP contribution in [0.5, 0.6) is 5.75 Å². The van der Waals surface area contributed by atoms with Crippen molar-refractivity contribution in [2.45, 2.75) is 25.9 Å². The number of halogens is 1. The average Bonchev–Trinajstić information content (AvgIpc) is 3.01. The van der Waals surface area contributed by atoms with Gasteiger partial charge in [0.2, 0.25) is 5.91 Å². The van der Waals surface area contributed by atoms with E-state index in [1.165, 1.54) is 6.07 Å². The van der Waals surface area contributed by atoms with Crippen molar-refractivity contribution in [3.8, 4) is 5.75 Å². The number of aromatic nitrogens is 2. The quantitative estimate of drug-likeness (QED) is 0.749. The number of carbonyl (C=O) groups is 1. The normalized spacial score (nSPS) is 16.1. The molecular weight excluding hydrogens is 333 g/mol. The number of benzene rings is 2. The van der Waals surface area contributed by atoms with Crippen molar-refractivity contribution < 1.29 is 13.9 Å².